The smallest absolute Gasteiger partial charge is 0.256 e. The number of carbonyl (C=O) groups is 1. The summed E-state index contributed by atoms with van der Waals surface area (Å²) in [4.78, 5) is 23.0. The molecule has 27 heavy (non-hydrogen) atoms. The third kappa shape index (κ3) is 3.72. The molecule has 1 N–H and O–H groups in total. The van der Waals surface area contributed by atoms with Crippen LogP contribution in [0.2, 0.25) is 0 Å². The van der Waals surface area contributed by atoms with Crippen molar-refractivity contribution in [1.82, 2.24) is 14.9 Å². The zero-order valence-corrected chi connectivity index (χ0v) is 15.2. The van der Waals surface area contributed by atoms with E-state index in [-0.39, 0.29) is 5.91 Å². The van der Waals surface area contributed by atoms with Gasteiger partial charge in [0.2, 0.25) is 5.95 Å². The summed E-state index contributed by atoms with van der Waals surface area (Å²) in [6, 6.07) is 7.50. The molecule has 1 spiro atoms. The Morgan fingerprint density at radius 2 is 1.81 bits per heavy atom. The number of benzene rings is 1. The molecule has 4 rings (SSSR count). The maximum absolute atomic E-state index is 12.7. The lowest BCUT2D eigenvalue weighted by atomic mass is 10.0. The molecule has 0 saturated carbocycles. The molecule has 0 radical (unpaired) electrons. The fourth-order valence-electron chi connectivity index (χ4n) is 3.39. The van der Waals surface area contributed by atoms with Gasteiger partial charge in [-0.25, -0.2) is 9.97 Å². The summed E-state index contributed by atoms with van der Waals surface area (Å²) >= 11 is 0. The predicted octanol–water partition coefficient (Wildman–Crippen LogP) is 2.21. The number of anilines is 2. The standard InChI is InChI=1S/C19H22N4O4/c1-25-16-5-3-2-4-15(16)22-18-20-12-14(13-21-18)17(24)23-8-6-19(7-9-23)26-10-11-27-19/h2-5,12-13H,6-11H2,1H3,(H,20,21,22). The fourth-order valence-corrected chi connectivity index (χ4v) is 3.39. The van der Waals surface area contributed by atoms with Gasteiger partial charge in [-0.15, -0.1) is 0 Å². The molecule has 0 unspecified atom stereocenters. The van der Waals surface area contributed by atoms with Crippen molar-refractivity contribution >= 4 is 17.5 Å². The highest BCUT2D eigenvalue weighted by molar-refractivity contribution is 5.93. The van der Waals surface area contributed by atoms with Gasteiger partial charge in [0.15, 0.2) is 5.79 Å². The van der Waals surface area contributed by atoms with Gasteiger partial charge in [-0.3, -0.25) is 4.79 Å². The monoisotopic (exact) mass is 370 g/mol. The average molecular weight is 370 g/mol. The lowest BCUT2D eigenvalue weighted by Gasteiger charge is -2.37. The molecule has 2 fully saturated rings. The van der Waals surface area contributed by atoms with Crippen molar-refractivity contribution in [3.63, 3.8) is 0 Å². The first-order chi connectivity index (χ1) is 13.2. The average Bonchev–Trinajstić information content (AvgIpc) is 3.17. The topological polar surface area (TPSA) is 85.8 Å². The van der Waals surface area contributed by atoms with Crippen molar-refractivity contribution in [2.75, 3.05) is 38.7 Å². The van der Waals surface area contributed by atoms with Crippen LogP contribution in [0.3, 0.4) is 0 Å². The molecule has 142 valence electrons. The SMILES string of the molecule is COc1ccccc1Nc1ncc(C(=O)N2CCC3(CC2)OCCO3)cn1. The highest BCUT2D eigenvalue weighted by Crippen LogP contribution is 2.31. The van der Waals surface area contributed by atoms with Gasteiger partial charge < -0.3 is 24.4 Å². The molecule has 1 amide bonds. The summed E-state index contributed by atoms with van der Waals surface area (Å²) in [7, 11) is 1.60. The van der Waals surface area contributed by atoms with E-state index in [1.54, 1.807) is 24.4 Å². The van der Waals surface area contributed by atoms with Crippen LogP contribution >= 0.6 is 0 Å². The van der Waals surface area contributed by atoms with Crippen LogP contribution in [0.1, 0.15) is 23.2 Å². The van der Waals surface area contributed by atoms with Crippen molar-refractivity contribution in [2.45, 2.75) is 18.6 Å². The number of ether oxygens (including phenoxy) is 3. The summed E-state index contributed by atoms with van der Waals surface area (Å²) in [5, 5.41) is 3.10. The van der Waals surface area contributed by atoms with Gasteiger partial charge in [0.05, 0.1) is 31.6 Å². The summed E-state index contributed by atoms with van der Waals surface area (Å²) in [6.07, 6.45) is 4.46. The second-order valence-corrected chi connectivity index (χ2v) is 6.52. The van der Waals surface area contributed by atoms with Crippen LogP contribution < -0.4 is 10.1 Å². The first-order valence-corrected chi connectivity index (χ1v) is 8.98. The maximum Gasteiger partial charge on any atom is 0.256 e. The molecule has 2 aliphatic heterocycles. The Bertz CT molecular complexity index is 796. The normalized spacial score (nSPS) is 18.5. The molecule has 2 aromatic rings. The number of hydrogen-bond acceptors (Lipinski definition) is 7. The van der Waals surface area contributed by atoms with Gasteiger partial charge in [-0.05, 0) is 12.1 Å². The molecule has 0 bridgehead atoms. The van der Waals surface area contributed by atoms with Gasteiger partial charge in [-0.2, -0.15) is 0 Å². The predicted molar refractivity (Wildman–Crippen MR) is 98.1 cm³/mol. The van der Waals surface area contributed by atoms with Gasteiger partial charge in [-0.1, -0.05) is 12.1 Å². The van der Waals surface area contributed by atoms with Crippen molar-refractivity contribution < 1.29 is 19.0 Å². The number of carbonyl (C=O) groups excluding carboxylic acids is 1. The molecule has 1 aromatic heterocycles. The number of para-hydroxylation sites is 2. The van der Waals surface area contributed by atoms with E-state index < -0.39 is 5.79 Å². The number of aromatic nitrogens is 2. The van der Waals surface area contributed by atoms with Crippen LogP contribution in [-0.2, 0) is 9.47 Å². The zero-order chi connectivity index (χ0) is 18.7. The number of rotatable bonds is 4. The molecule has 0 atom stereocenters. The summed E-state index contributed by atoms with van der Waals surface area (Å²) in [6.45, 7) is 2.45. The van der Waals surface area contributed by atoms with E-state index in [0.29, 0.717) is 56.4 Å². The highest BCUT2D eigenvalue weighted by atomic mass is 16.7. The van der Waals surface area contributed by atoms with E-state index in [4.69, 9.17) is 14.2 Å². The Morgan fingerprint density at radius 1 is 1.15 bits per heavy atom. The van der Waals surface area contributed by atoms with Crippen molar-refractivity contribution in [2.24, 2.45) is 0 Å². The number of amides is 1. The lowest BCUT2D eigenvalue weighted by molar-refractivity contribution is -0.181. The number of nitrogens with one attached hydrogen (secondary N) is 1. The van der Waals surface area contributed by atoms with E-state index in [0.717, 1.165) is 5.69 Å². The maximum atomic E-state index is 12.7. The van der Waals surface area contributed by atoms with Crippen molar-refractivity contribution in [3.8, 4) is 5.75 Å². The van der Waals surface area contributed by atoms with Gasteiger partial charge in [0.25, 0.3) is 5.91 Å². The van der Waals surface area contributed by atoms with E-state index in [1.807, 2.05) is 24.3 Å². The molecule has 3 heterocycles. The molecule has 1 aromatic carbocycles. The van der Waals surface area contributed by atoms with Crippen LogP contribution in [0, 0.1) is 0 Å². The number of piperidine rings is 1. The van der Waals surface area contributed by atoms with Crippen molar-refractivity contribution in [1.29, 1.82) is 0 Å². The van der Waals surface area contributed by atoms with E-state index >= 15 is 0 Å². The molecule has 2 aliphatic rings. The number of hydrogen-bond donors (Lipinski definition) is 1. The third-order valence-electron chi connectivity index (χ3n) is 4.88. The highest BCUT2D eigenvalue weighted by Gasteiger charge is 2.40. The number of nitrogens with zero attached hydrogens (tertiary/aromatic N) is 3. The van der Waals surface area contributed by atoms with Crippen LogP contribution in [0.25, 0.3) is 0 Å². The Labute approximate surface area is 157 Å². The molecular formula is C19H22N4O4. The van der Waals surface area contributed by atoms with E-state index in [9.17, 15) is 4.79 Å². The first kappa shape index (κ1) is 17.7. The molecule has 8 heteroatoms. The van der Waals surface area contributed by atoms with Crippen LogP contribution in [0.5, 0.6) is 5.75 Å². The Hall–Kier alpha value is -2.71. The largest absolute Gasteiger partial charge is 0.495 e. The second kappa shape index (κ2) is 7.50. The minimum absolute atomic E-state index is 0.0771. The quantitative estimate of drug-likeness (QED) is 0.883. The van der Waals surface area contributed by atoms with E-state index in [2.05, 4.69) is 15.3 Å². The Morgan fingerprint density at radius 3 is 2.48 bits per heavy atom. The number of methoxy groups -OCH3 is 1. The Balaban J connectivity index is 1.39. The number of likely N-dealkylation sites (tertiary alicyclic amines) is 1. The second-order valence-electron chi connectivity index (χ2n) is 6.52. The molecule has 2 saturated heterocycles. The summed E-state index contributed by atoms with van der Waals surface area (Å²) in [5.74, 6) is 0.531. The van der Waals surface area contributed by atoms with Gasteiger partial charge in [0.1, 0.15) is 5.75 Å². The molecular weight excluding hydrogens is 348 g/mol. The molecule has 8 nitrogen and oxygen atoms in total. The molecule has 0 aliphatic carbocycles. The minimum atomic E-state index is -0.490. The third-order valence-corrected chi connectivity index (χ3v) is 4.88. The van der Waals surface area contributed by atoms with Crippen LogP contribution in [0.15, 0.2) is 36.7 Å². The summed E-state index contributed by atoms with van der Waals surface area (Å²) < 4.78 is 16.7. The first-order valence-electron chi connectivity index (χ1n) is 8.98. The lowest BCUT2D eigenvalue weighted by Crippen LogP contribution is -2.47. The van der Waals surface area contributed by atoms with Crippen molar-refractivity contribution in [3.05, 3.63) is 42.2 Å². The minimum Gasteiger partial charge on any atom is -0.495 e. The Kier molecular flexibility index (Phi) is 4.91. The fraction of sp³-hybridized carbons (Fsp3) is 0.421. The van der Waals surface area contributed by atoms with Gasteiger partial charge in [0, 0.05) is 38.3 Å². The van der Waals surface area contributed by atoms with E-state index in [1.165, 1.54) is 0 Å². The van der Waals surface area contributed by atoms with Crippen LogP contribution in [-0.4, -0.2) is 60.0 Å². The summed E-state index contributed by atoms with van der Waals surface area (Å²) in [5.41, 5.74) is 1.22. The van der Waals surface area contributed by atoms with Crippen LogP contribution in [0.4, 0.5) is 11.6 Å². The zero-order valence-electron chi connectivity index (χ0n) is 15.2. The van der Waals surface area contributed by atoms with Gasteiger partial charge >= 0.3 is 0 Å².